The zero-order valence-corrected chi connectivity index (χ0v) is 31.6. The minimum absolute atomic E-state index is 0.00481. The second-order valence-corrected chi connectivity index (χ2v) is 13.5. The molecule has 1 saturated heterocycles. The minimum Gasteiger partial charge on any atom is -0.508 e. The summed E-state index contributed by atoms with van der Waals surface area (Å²) < 4.78 is 0. The van der Waals surface area contributed by atoms with Crippen molar-refractivity contribution in [2.45, 2.75) is 93.7 Å². The smallest absolute Gasteiger partial charge is 0.326 e. The van der Waals surface area contributed by atoms with E-state index in [-0.39, 0.29) is 31.6 Å². The van der Waals surface area contributed by atoms with Gasteiger partial charge in [0.15, 0.2) is 0 Å². The molecular formula is C34H49N11O14. The molecule has 324 valence electrons. The Morgan fingerprint density at radius 2 is 1.17 bits per heavy atom. The minimum atomic E-state index is -1.81. The number of aliphatic hydroxyl groups excluding tert-OH is 1. The number of carboxylic acid groups (broad SMARTS) is 1. The maximum absolute atomic E-state index is 13.9. The Balaban J connectivity index is 2.34. The van der Waals surface area contributed by atoms with Gasteiger partial charge in [0.05, 0.1) is 31.9 Å². The molecule has 10 amide bonds. The van der Waals surface area contributed by atoms with Crippen molar-refractivity contribution in [1.82, 2.24) is 31.5 Å². The molecule has 0 unspecified atom stereocenters. The number of benzene rings is 1. The predicted molar refractivity (Wildman–Crippen MR) is 199 cm³/mol. The number of carboxylic acids is 1. The number of aromatic hydroxyl groups is 1. The number of nitrogens with one attached hydrogen (secondary N) is 5. The lowest BCUT2D eigenvalue weighted by molar-refractivity contribution is -0.145. The van der Waals surface area contributed by atoms with Crippen LogP contribution in [0.25, 0.3) is 0 Å². The number of carbonyl (C=O) groups is 11. The second-order valence-electron chi connectivity index (χ2n) is 13.5. The Labute approximate surface area is 335 Å². The number of aliphatic carboxylic acids is 1. The first-order valence-corrected chi connectivity index (χ1v) is 18.0. The first-order valence-electron chi connectivity index (χ1n) is 18.0. The molecule has 25 heteroatoms. The van der Waals surface area contributed by atoms with Crippen LogP contribution in [0.1, 0.15) is 50.5 Å². The van der Waals surface area contributed by atoms with E-state index in [1.807, 2.05) is 5.32 Å². The molecule has 18 N–H and O–H groups in total. The van der Waals surface area contributed by atoms with Crippen LogP contribution in [0.15, 0.2) is 24.3 Å². The van der Waals surface area contributed by atoms with E-state index in [0.717, 1.165) is 4.90 Å². The summed E-state index contributed by atoms with van der Waals surface area (Å²) in [7, 11) is 0. The summed E-state index contributed by atoms with van der Waals surface area (Å²) in [5.74, 6) is -12.1. The summed E-state index contributed by atoms with van der Waals surface area (Å²) in [5.41, 5.74) is 26.9. The van der Waals surface area contributed by atoms with Crippen LogP contribution in [0, 0.1) is 0 Å². The van der Waals surface area contributed by atoms with Gasteiger partial charge in [0.2, 0.25) is 59.1 Å². The van der Waals surface area contributed by atoms with Gasteiger partial charge in [-0.15, -0.1) is 0 Å². The number of aliphatic hydroxyl groups is 1. The number of phenols is 1. The Kier molecular flexibility index (Phi) is 18.6. The average molecular weight is 836 g/mol. The molecule has 0 radical (unpaired) electrons. The van der Waals surface area contributed by atoms with Gasteiger partial charge < -0.3 is 75.5 Å². The fraction of sp³-hybridized carbons (Fsp3) is 0.500. The van der Waals surface area contributed by atoms with Gasteiger partial charge >= 0.3 is 5.97 Å². The molecule has 2 rings (SSSR count). The fourth-order valence-corrected chi connectivity index (χ4v) is 5.80. The molecular weight excluding hydrogens is 786 g/mol. The average Bonchev–Trinajstić information content (AvgIpc) is 3.64. The third-order valence-electron chi connectivity index (χ3n) is 8.77. The van der Waals surface area contributed by atoms with Gasteiger partial charge in [-0.25, -0.2) is 4.79 Å². The van der Waals surface area contributed by atoms with E-state index in [0.29, 0.717) is 5.56 Å². The number of hydrogen-bond acceptors (Lipinski definition) is 14. The first-order chi connectivity index (χ1) is 27.6. The van der Waals surface area contributed by atoms with Gasteiger partial charge in [-0.05, 0) is 37.0 Å². The highest BCUT2D eigenvalue weighted by molar-refractivity contribution is 5.99. The van der Waals surface area contributed by atoms with Crippen molar-refractivity contribution < 1.29 is 68.1 Å². The standard InChI is InChI=1S/C34H49N11O14/c35-17(11-25(37)49)28(52)41-19(10-15-3-5-16(47)6-4-15)29(53)42-20(12-26(38)50)30(54)40-18(7-8-24(36)48)33(57)45-9-1-2-23(45)32(56)44-22(14-46)31(55)43-21(34(58)59)13-27(39)51/h3-6,17-23,46-47H,1-2,7-14,35H2,(H2,36,48)(H2,37,49)(H2,38,50)(H2,39,51)(H,40,54)(H,41,52)(H,42,53)(H,43,55)(H,44,56)(H,58,59)/t17-,18-,19-,20-,21-,22-,23-/m0/s1. The number of rotatable bonds is 24. The molecule has 0 aliphatic carbocycles. The van der Waals surface area contributed by atoms with E-state index in [2.05, 4.69) is 21.3 Å². The number of carbonyl (C=O) groups excluding carboxylic acids is 10. The van der Waals surface area contributed by atoms with Gasteiger partial charge in [0, 0.05) is 19.4 Å². The lowest BCUT2D eigenvalue weighted by Crippen LogP contribution is -2.60. The van der Waals surface area contributed by atoms with E-state index < -0.39 is 146 Å². The summed E-state index contributed by atoms with van der Waals surface area (Å²) in [4.78, 5) is 139. The molecule has 1 fully saturated rings. The van der Waals surface area contributed by atoms with Crippen molar-refractivity contribution >= 4 is 65.0 Å². The van der Waals surface area contributed by atoms with Gasteiger partial charge in [-0.2, -0.15) is 0 Å². The quantitative estimate of drug-likeness (QED) is 0.0460. The highest BCUT2D eigenvalue weighted by atomic mass is 16.4. The van der Waals surface area contributed by atoms with E-state index >= 15 is 0 Å². The molecule has 1 aromatic rings. The highest BCUT2D eigenvalue weighted by Gasteiger charge is 2.40. The molecule has 1 heterocycles. The normalized spacial score (nSPS) is 16.4. The number of phenolic OH excluding ortho intramolecular Hbond substituents is 1. The summed E-state index contributed by atoms with van der Waals surface area (Å²) in [5, 5.41) is 39.9. The van der Waals surface area contributed by atoms with Gasteiger partial charge in [-0.1, -0.05) is 12.1 Å². The predicted octanol–water partition coefficient (Wildman–Crippen LogP) is -7.35. The third kappa shape index (κ3) is 15.9. The lowest BCUT2D eigenvalue weighted by Gasteiger charge is -2.30. The largest absolute Gasteiger partial charge is 0.508 e. The summed E-state index contributed by atoms with van der Waals surface area (Å²) in [6.45, 7) is -1.13. The summed E-state index contributed by atoms with van der Waals surface area (Å²) in [6, 6.07) is -5.89. The van der Waals surface area contributed by atoms with E-state index in [9.17, 15) is 68.1 Å². The third-order valence-corrected chi connectivity index (χ3v) is 8.77. The van der Waals surface area contributed by atoms with E-state index in [4.69, 9.17) is 28.7 Å². The van der Waals surface area contributed by atoms with Crippen LogP contribution >= 0.6 is 0 Å². The van der Waals surface area contributed by atoms with Crippen molar-refractivity contribution in [3.8, 4) is 5.75 Å². The van der Waals surface area contributed by atoms with Crippen LogP contribution in [0.2, 0.25) is 0 Å². The SMILES string of the molecule is NC(=O)CC[C@H](NC(=O)[C@H](CC(N)=O)NC(=O)[C@H](Cc1ccc(O)cc1)NC(=O)[C@@H](N)CC(N)=O)C(=O)N1CCC[C@H]1C(=O)N[C@@H](CO)C(=O)N[C@@H](CC(N)=O)C(=O)O. The van der Waals surface area contributed by atoms with Crippen molar-refractivity contribution in [3.63, 3.8) is 0 Å². The molecule has 59 heavy (non-hydrogen) atoms. The molecule has 1 aromatic carbocycles. The van der Waals surface area contributed by atoms with E-state index in [1.54, 1.807) is 0 Å². The number of likely N-dealkylation sites (tertiary alicyclic amines) is 1. The van der Waals surface area contributed by atoms with Crippen LogP contribution < -0.4 is 55.3 Å². The molecule has 7 atom stereocenters. The van der Waals surface area contributed by atoms with Crippen LogP contribution in [0.4, 0.5) is 0 Å². The lowest BCUT2D eigenvalue weighted by atomic mass is 10.0. The molecule has 0 spiro atoms. The Morgan fingerprint density at radius 3 is 1.71 bits per heavy atom. The maximum Gasteiger partial charge on any atom is 0.326 e. The molecule has 1 aliphatic heterocycles. The zero-order chi connectivity index (χ0) is 44.6. The maximum atomic E-state index is 13.9. The number of amides is 10. The van der Waals surface area contributed by atoms with Crippen molar-refractivity contribution in [1.29, 1.82) is 0 Å². The Hall–Kier alpha value is -6.89. The number of hydrogen-bond donors (Lipinski definition) is 13. The summed E-state index contributed by atoms with van der Waals surface area (Å²) in [6.07, 6.45) is -3.22. The molecule has 0 saturated carbocycles. The topological polar surface area (TPSA) is 442 Å². The molecule has 25 nitrogen and oxygen atoms in total. The zero-order valence-electron chi connectivity index (χ0n) is 31.6. The summed E-state index contributed by atoms with van der Waals surface area (Å²) >= 11 is 0. The number of primary amides is 4. The Bertz CT molecular complexity index is 1780. The van der Waals surface area contributed by atoms with Gasteiger partial charge in [-0.3, -0.25) is 47.9 Å². The van der Waals surface area contributed by atoms with Crippen LogP contribution in [-0.2, 0) is 59.2 Å². The first kappa shape index (κ1) is 48.3. The van der Waals surface area contributed by atoms with Crippen molar-refractivity contribution in [2.75, 3.05) is 13.2 Å². The molecule has 0 aromatic heterocycles. The van der Waals surface area contributed by atoms with Crippen LogP contribution in [-0.4, -0.2) is 141 Å². The van der Waals surface area contributed by atoms with Crippen molar-refractivity contribution in [2.24, 2.45) is 28.7 Å². The number of nitrogens with zero attached hydrogens (tertiary/aromatic N) is 1. The fourth-order valence-electron chi connectivity index (χ4n) is 5.80. The van der Waals surface area contributed by atoms with Crippen molar-refractivity contribution in [3.05, 3.63) is 29.8 Å². The number of nitrogens with two attached hydrogens (primary N) is 5. The Morgan fingerprint density at radius 1 is 0.661 bits per heavy atom. The highest BCUT2D eigenvalue weighted by Crippen LogP contribution is 2.20. The molecule has 1 aliphatic rings. The van der Waals surface area contributed by atoms with E-state index in [1.165, 1.54) is 24.3 Å². The van der Waals surface area contributed by atoms with Gasteiger partial charge in [0.25, 0.3) is 0 Å². The van der Waals surface area contributed by atoms with Gasteiger partial charge in [0.1, 0.15) is 42.0 Å². The monoisotopic (exact) mass is 835 g/mol. The van der Waals surface area contributed by atoms with Crippen LogP contribution in [0.5, 0.6) is 5.75 Å². The van der Waals surface area contributed by atoms with Crippen LogP contribution in [0.3, 0.4) is 0 Å². The second kappa shape index (κ2) is 22.7. The molecule has 0 bridgehead atoms.